The molecule has 1 fully saturated rings. The Morgan fingerprint density at radius 3 is 2.56 bits per heavy atom. The molecule has 2 N–H and O–H groups in total. The molecule has 1 aliphatic rings. The number of amides is 2. The molecule has 5 heteroatoms. The Bertz CT molecular complexity index is 740. The largest absolute Gasteiger partial charge is 0.473 e. The van der Waals surface area contributed by atoms with Gasteiger partial charge in [-0.2, -0.15) is 0 Å². The number of urea groups is 1. The minimum Gasteiger partial charge on any atom is -0.473 e. The van der Waals surface area contributed by atoms with E-state index < -0.39 is 0 Å². The van der Waals surface area contributed by atoms with Gasteiger partial charge in [-0.05, 0) is 43.9 Å². The lowest BCUT2D eigenvalue weighted by Gasteiger charge is -2.32. The second-order valence-electron chi connectivity index (χ2n) is 7.24. The Labute approximate surface area is 161 Å². The van der Waals surface area contributed by atoms with Gasteiger partial charge in [-0.25, -0.2) is 4.79 Å². The van der Waals surface area contributed by atoms with E-state index in [-0.39, 0.29) is 18.8 Å². The predicted molar refractivity (Wildman–Crippen MR) is 108 cm³/mol. The van der Waals surface area contributed by atoms with E-state index in [2.05, 4.69) is 45.9 Å². The molecule has 2 amide bonds. The summed E-state index contributed by atoms with van der Waals surface area (Å²) in [6.45, 7) is 7.20. The molecule has 0 aromatic heterocycles. The standard InChI is InChI=1S/C22H29N3O2/c1-17-8-9-21(18(2)14-17)27-16-23-22(26)24-20-10-12-25(13-11-20)15-19-6-4-3-5-7-19/h3-9,14,20H,10-13,15-16H2,1-2H3,(H2,23,24,26). The summed E-state index contributed by atoms with van der Waals surface area (Å²) in [5.41, 5.74) is 3.61. The third-order valence-electron chi connectivity index (χ3n) is 4.96. The van der Waals surface area contributed by atoms with Crippen molar-refractivity contribution in [3.05, 3.63) is 65.2 Å². The van der Waals surface area contributed by atoms with Crippen molar-refractivity contribution in [1.82, 2.24) is 15.5 Å². The smallest absolute Gasteiger partial charge is 0.317 e. The van der Waals surface area contributed by atoms with E-state index in [0.717, 1.165) is 43.8 Å². The highest BCUT2D eigenvalue weighted by Crippen LogP contribution is 2.18. The van der Waals surface area contributed by atoms with Crippen LogP contribution in [0.4, 0.5) is 4.79 Å². The number of piperidine rings is 1. The third kappa shape index (κ3) is 6.00. The molecule has 1 aliphatic heterocycles. The number of carbonyl (C=O) groups is 1. The number of ether oxygens (including phenoxy) is 1. The summed E-state index contributed by atoms with van der Waals surface area (Å²) < 4.78 is 5.65. The van der Waals surface area contributed by atoms with Crippen molar-refractivity contribution in [2.75, 3.05) is 19.8 Å². The zero-order valence-electron chi connectivity index (χ0n) is 16.2. The van der Waals surface area contributed by atoms with Gasteiger partial charge in [-0.1, -0.05) is 48.0 Å². The van der Waals surface area contributed by atoms with Crippen molar-refractivity contribution in [2.24, 2.45) is 0 Å². The molecule has 27 heavy (non-hydrogen) atoms. The molecule has 0 aliphatic carbocycles. The summed E-state index contributed by atoms with van der Waals surface area (Å²) in [7, 11) is 0. The van der Waals surface area contributed by atoms with Gasteiger partial charge in [0.1, 0.15) is 5.75 Å². The Balaban J connectivity index is 1.34. The van der Waals surface area contributed by atoms with Gasteiger partial charge in [0.2, 0.25) is 0 Å². The molecule has 2 aromatic carbocycles. The lowest BCUT2D eigenvalue weighted by molar-refractivity contribution is 0.183. The molecule has 144 valence electrons. The summed E-state index contributed by atoms with van der Waals surface area (Å²) >= 11 is 0. The Kier molecular flexibility index (Phi) is 6.71. The van der Waals surface area contributed by atoms with Crippen LogP contribution in [0.2, 0.25) is 0 Å². The predicted octanol–water partition coefficient (Wildman–Crippen LogP) is 3.60. The van der Waals surface area contributed by atoms with E-state index in [9.17, 15) is 4.79 Å². The molecule has 0 unspecified atom stereocenters. The molecule has 0 radical (unpaired) electrons. The van der Waals surface area contributed by atoms with Crippen LogP contribution >= 0.6 is 0 Å². The third-order valence-corrected chi connectivity index (χ3v) is 4.96. The molecule has 0 spiro atoms. The molecule has 0 bridgehead atoms. The van der Waals surface area contributed by atoms with E-state index in [1.54, 1.807) is 0 Å². The molecule has 1 heterocycles. The van der Waals surface area contributed by atoms with Gasteiger partial charge >= 0.3 is 6.03 Å². The molecule has 3 rings (SSSR count). The SMILES string of the molecule is Cc1ccc(OCNC(=O)NC2CCN(Cc3ccccc3)CC2)c(C)c1. The highest BCUT2D eigenvalue weighted by atomic mass is 16.5. The number of hydrogen-bond acceptors (Lipinski definition) is 3. The average Bonchev–Trinajstić information content (AvgIpc) is 2.66. The maximum Gasteiger partial charge on any atom is 0.317 e. The van der Waals surface area contributed by atoms with Gasteiger partial charge in [0, 0.05) is 25.7 Å². The van der Waals surface area contributed by atoms with Crippen molar-refractivity contribution in [3.63, 3.8) is 0 Å². The van der Waals surface area contributed by atoms with Gasteiger partial charge in [-0.3, -0.25) is 4.90 Å². The van der Waals surface area contributed by atoms with Crippen LogP contribution in [-0.4, -0.2) is 36.8 Å². The highest BCUT2D eigenvalue weighted by molar-refractivity contribution is 5.74. The van der Waals surface area contributed by atoms with Crippen molar-refractivity contribution in [3.8, 4) is 5.75 Å². The molecule has 0 saturated carbocycles. The molecule has 1 saturated heterocycles. The van der Waals surface area contributed by atoms with Gasteiger partial charge in [0.05, 0.1) is 0 Å². The minimum absolute atomic E-state index is 0.165. The van der Waals surface area contributed by atoms with Crippen LogP contribution in [0, 0.1) is 13.8 Å². The number of nitrogens with one attached hydrogen (secondary N) is 2. The first-order valence-corrected chi connectivity index (χ1v) is 9.61. The van der Waals surface area contributed by atoms with E-state index in [1.165, 1.54) is 11.1 Å². The van der Waals surface area contributed by atoms with Crippen LogP contribution in [0.3, 0.4) is 0 Å². The van der Waals surface area contributed by atoms with Crippen LogP contribution in [-0.2, 0) is 6.54 Å². The molecular weight excluding hydrogens is 338 g/mol. The molecule has 2 aromatic rings. The fraction of sp³-hybridized carbons (Fsp3) is 0.409. The van der Waals surface area contributed by atoms with E-state index >= 15 is 0 Å². The lowest BCUT2D eigenvalue weighted by Crippen LogP contribution is -2.48. The average molecular weight is 367 g/mol. The number of benzene rings is 2. The summed E-state index contributed by atoms with van der Waals surface area (Å²) in [6, 6.07) is 16.6. The summed E-state index contributed by atoms with van der Waals surface area (Å²) in [5, 5.41) is 5.84. The topological polar surface area (TPSA) is 53.6 Å². The van der Waals surface area contributed by atoms with Crippen LogP contribution < -0.4 is 15.4 Å². The van der Waals surface area contributed by atoms with Gasteiger partial charge in [0.15, 0.2) is 6.73 Å². The Morgan fingerprint density at radius 1 is 1.11 bits per heavy atom. The van der Waals surface area contributed by atoms with Gasteiger partial charge in [-0.15, -0.1) is 0 Å². The van der Waals surface area contributed by atoms with E-state index in [0.29, 0.717) is 0 Å². The van der Waals surface area contributed by atoms with Crippen LogP contribution in [0.1, 0.15) is 29.5 Å². The first kappa shape index (κ1) is 19.2. The number of carbonyl (C=O) groups excluding carboxylic acids is 1. The minimum atomic E-state index is -0.165. The number of aryl methyl sites for hydroxylation is 2. The second-order valence-corrected chi connectivity index (χ2v) is 7.24. The summed E-state index contributed by atoms with van der Waals surface area (Å²) in [4.78, 5) is 14.5. The molecule has 0 atom stereocenters. The fourth-order valence-electron chi connectivity index (χ4n) is 3.45. The number of hydrogen-bond donors (Lipinski definition) is 2. The van der Waals surface area contributed by atoms with Crippen LogP contribution in [0.25, 0.3) is 0 Å². The number of likely N-dealkylation sites (tertiary alicyclic amines) is 1. The number of nitrogens with zero attached hydrogens (tertiary/aromatic N) is 1. The van der Waals surface area contributed by atoms with Crippen molar-refractivity contribution < 1.29 is 9.53 Å². The zero-order valence-corrected chi connectivity index (χ0v) is 16.2. The van der Waals surface area contributed by atoms with Crippen molar-refractivity contribution in [2.45, 2.75) is 39.3 Å². The molecule has 5 nitrogen and oxygen atoms in total. The van der Waals surface area contributed by atoms with E-state index in [1.807, 2.05) is 32.0 Å². The van der Waals surface area contributed by atoms with Crippen molar-refractivity contribution >= 4 is 6.03 Å². The summed E-state index contributed by atoms with van der Waals surface area (Å²) in [6.07, 6.45) is 1.94. The second kappa shape index (κ2) is 9.42. The lowest BCUT2D eigenvalue weighted by atomic mass is 10.0. The van der Waals surface area contributed by atoms with Crippen LogP contribution in [0.15, 0.2) is 48.5 Å². The van der Waals surface area contributed by atoms with Crippen LogP contribution in [0.5, 0.6) is 5.75 Å². The molecular formula is C22H29N3O2. The Hall–Kier alpha value is -2.53. The quantitative estimate of drug-likeness (QED) is 0.767. The monoisotopic (exact) mass is 367 g/mol. The fourth-order valence-corrected chi connectivity index (χ4v) is 3.45. The normalized spacial score (nSPS) is 15.3. The van der Waals surface area contributed by atoms with E-state index in [4.69, 9.17) is 4.74 Å². The first-order chi connectivity index (χ1) is 13.1. The number of rotatable bonds is 6. The summed E-state index contributed by atoms with van der Waals surface area (Å²) in [5.74, 6) is 0.801. The Morgan fingerprint density at radius 2 is 1.85 bits per heavy atom. The van der Waals surface area contributed by atoms with Gasteiger partial charge < -0.3 is 15.4 Å². The van der Waals surface area contributed by atoms with Gasteiger partial charge in [0.25, 0.3) is 0 Å². The zero-order chi connectivity index (χ0) is 19.1. The van der Waals surface area contributed by atoms with Crippen molar-refractivity contribution in [1.29, 1.82) is 0 Å². The highest BCUT2D eigenvalue weighted by Gasteiger charge is 2.20. The maximum atomic E-state index is 12.1. The maximum absolute atomic E-state index is 12.1. The first-order valence-electron chi connectivity index (χ1n) is 9.61.